The number of nitrogens with zero attached hydrogens (tertiary/aromatic N) is 3. The van der Waals surface area contributed by atoms with Gasteiger partial charge >= 0.3 is 0 Å². The van der Waals surface area contributed by atoms with E-state index in [2.05, 4.69) is 6.92 Å². The van der Waals surface area contributed by atoms with Crippen molar-refractivity contribution in [3.8, 4) is 5.69 Å². The molecule has 0 bridgehead atoms. The van der Waals surface area contributed by atoms with Crippen molar-refractivity contribution in [3.63, 3.8) is 0 Å². The molecule has 0 saturated carbocycles. The normalized spacial score (nSPS) is 12.1. The summed E-state index contributed by atoms with van der Waals surface area (Å²) in [4.78, 5) is 35.3. The predicted octanol–water partition coefficient (Wildman–Crippen LogP) is 8.28. The van der Waals surface area contributed by atoms with Crippen molar-refractivity contribution in [2.24, 2.45) is 0 Å². The Labute approximate surface area is 240 Å². The van der Waals surface area contributed by atoms with Crippen LogP contribution < -0.4 is 5.56 Å². The SMILES string of the molecule is CCCCCN(C(=O)c1ccc2ccccc2c1)C(CC)c1nc2ccccc2c(=O)n1-c1ccc(Cl)cc1C. The van der Waals surface area contributed by atoms with Gasteiger partial charge in [0.25, 0.3) is 11.5 Å². The van der Waals surface area contributed by atoms with E-state index in [0.717, 1.165) is 35.6 Å². The topological polar surface area (TPSA) is 55.2 Å². The van der Waals surface area contributed by atoms with E-state index < -0.39 is 6.04 Å². The molecule has 0 N–H and O–H groups in total. The molecule has 0 spiro atoms. The number of rotatable bonds is 9. The summed E-state index contributed by atoms with van der Waals surface area (Å²) in [5.74, 6) is 0.498. The van der Waals surface area contributed by atoms with E-state index >= 15 is 0 Å². The van der Waals surface area contributed by atoms with Gasteiger partial charge in [-0.15, -0.1) is 0 Å². The van der Waals surface area contributed by atoms with Crippen LogP contribution in [0.4, 0.5) is 0 Å². The van der Waals surface area contributed by atoms with Gasteiger partial charge in [0.1, 0.15) is 5.82 Å². The Kier molecular flexibility index (Phi) is 8.32. The zero-order valence-corrected chi connectivity index (χ0v) is 24.0. The molecule has 204 valence electrons. The van der Waals surface area contributed by atoms with E-state index in [1.807, 2.05) is 91.5 Å². The third-order valence-corrected chi connectivity index (χ3v) is 7.76. The van der Waals surface area contributed by atoms with Crippen LogP contribution in [0, 0.1) is 6.92 Å². The second kappa shape index (κ2) is 12.1. The van der Waals surface area contributed by atoms with Crippen LogP contribution in [0.3, 0.4) is 0 Å². The molecule has 5 aromatic rings. The maximum absolute atomic E-state index is 14.3. The summed E-state index contributed by atoms with van der Waals surface area (Å²) in [6, 6.07) is 26.4. The Morgan fingerprint density at radius 2 is 1.68 bits per heavy atom. The summed E-state index contributed by atoms with van der Waals surface area (Å²) in [5.41, 5.74) is 2.67. The Morgan fingerprint density at radius 1 is 0.925 bits per heavy atom. The maximum Gasteiger partial charge on any atom is 0.266 e. The number of fused-ring (bicyclic) bond motifs is 2. The molecule has 1 aromatic heterocycles. The number of carbonyl (C=O) groups is 1. The van der Waals surface area contributed by atoms with E-state index in [1.165, 1.54) is 0 Å². The fourth-order valence-electron chi connectivity index (χ4n) is 5.44. The number of hydrogen-bond acceptors (Lipinski definition) is 3. The average Bonchev–Trinajstić information content (AvgIpc) is 2.97. The van der Waals surface area contributed by atoms with Crippen molar-refractivity contribution in [2.45, 2.75) is 52.5 Å². The van der Waals surface area contributed by atoms with Gasteiger partial charge in [-0.05, 0) is 78.6 Å². The largest absolute Gasteiger partial charge is 0.328 e. The van der Waals surface area contributed by atoms with E-state index in [-0.39, 0.29) is 11.5 Å². The number of aryl methyl sites for hydroxylation is 1. The minimum Gasteiger partial charge on any atom is -0.328 e. The minimum atomic E-state index is -0.414. The predicted molar refractivity (Wildman–Crippen MR) is 165 cm³/mol. The Morgan fingerprint density at radius 3 is 2.42 bits per heavy atom. The summed E-state index contributed by atoms with van der Waals surface area (Å²) in [5, 5.41) is 3.25. The Balaban J connectivity index is 1.70. The van der Waals surface area contributed by atoms with Crippen molar-refractivity contribution in [3.05, 3.63) is 117 Å². The molecule has 1 unspecified atom stereocenters. The second-order valence-corrected chi connectivity index (χ2v) is 10.7. The molecule has 0 aliphatic rings. The summed E-state index contributed by atoms with van der Waals surface area (Å²) in [7, 11) is 0. The molecule has 5 nitrogen and oxygen atoms in total. The lowest BCUT2D eigenvalue weighted by Gasteiger charge is -2.33. The molecule has 6 heteroatoms. The second-order valence-electron chi connectivity index (χ2n) is 10.3. The van der Waals surface area contributed by atoms with Gasteiger partial charge in [0.2, 0.25) is 0 Å². The maximum atomic E-state index is 14.3. The van der Waals surface area contributed by atoms with Crippen LogP contribution in [-0.4, -0.2) is 26.9 Å². The van der Waals surface area contributed by atoms with Crippen LogP contribution in [-0.2, 0) is 0 Å². The summed E-state index contributed by atoms with van der Waals surface area (Å²) >= 11 is 6.29. The van der Waals surface area contributed by atoms with Crippen molar-refractivity contribution in [1.29, 1.82) is 0 Å². The highest BCUT2D eigenvalue weighted by atomic mass is 35.5. The smallest absolute Gasteiger partial charge is 0.266 e. The monoisotopic (exact) mass is 551 g/mol. The van der Waals surface area contributed by atoms with Gasteiger partial charge in [0.05, 0.1) is 22.6 Å². The molecular weight excluding hydrogens is 518 g/mol. The molecule has 0 aliphatic carbocycles. The van der Waals surface area contributed by atoms with E-state index in [9.17, 15) is 9.59 Å². The van der Waals surface area contributed by atoms with Gasteiger partial charge in [0, 0.05) is 17.1 Å². The molecular formula is C34H34ClN3O2. The van der Waals surface area contributed by atoms with Crippen LogP contribution in [0.2, 0.25) is 5.02 Å². The number of aromatic nitrogens is 2. The molecule has 0 saturated heterocycles. The molecule has 5 rings (SSSR count). The lowest BCUT2D eigenvalue weighted by Crippen LogP contribution is -2.39. The van der Waals surface area contributed by atoms with Crippen LogP contribution in [0.1, 0.15) is 67.3 Å². The number of carbonyl (C=O) groups excluding carboxylic acids is 1. The molecule has 4 aromatic carbocycles. The van der Waals surface area contributed by atoms with Gasteiger partial charge in [0.15, 0.2) is 0 Å². The van der Waals surface area contributed by atoms with Crippen LogP contribution in [0.25, 0.3) is 27.4 Å². The fraction of sp³-hybridized carbons (Fsp3) is 0.265. The lowest BCUT2D eigenvalue weighted by atomic mass is 10.0. The van der Waals surface area contributed by atoms with Gasteiger partial charge in [-0.2, -0.15) is 0 Å². The number of para-hydroxylation sites is 1. The van der Waals surface area contributed by atoms with E-state index in [1.54, 1.807) is 16.7 Å². The van der Waals surface area contributed by atoms with Crippen molar-refractivity contribution < 1.29 is 4.79 Å². The van der Waals surface area contributed by atoms with Crippen LogP contribution >= 0.6 is 11.6 Å². The molecule has 1 atom stereocenters. The van der Waals surface area contributed by atoms with Crippen LogP contribution in [0.15, 0.2) is 89.7 Å². The standard InChI is InChI=1S/C34H34ClN3O2/c1-4-6-11-20-37(33(39)26-17-16-24-12-7-8-13-25(24)22-26)30(5-2)32-36-29-15-10-9-14-28(29)34(40)38(32)31-19-18-27(35)21-23(31)3/h7-10,12-19,21-22,30H,4-6,11,20H2,1-3H3. The highest BCUT2D eigenvalue weighted by molar-refractivity contribution is 6.30. The quantitative estimate of drug-likeness (QED) is 0.173. The average molecular weight is 552 g/mol. The molecule has 0 fully saturated rings. The van der Waals surface area contributed by atoms with Crippen LogP contribution in [0.5, 0.6) is 0 Å². The molecule has 1 heterocycles. The number of hydrogen-bond donors (Lipinski definition) is 0. The zero-order chi connectivity index (χ0) is 28.2. The first kappa shape index (κ1) is 27.6. The number of halogens is 1. The number of unbranched alkanes of at least 4 members (excludes halogenated alkanes) is 2. The van der Waals surface area contributed by atoms with Crippen molar-refractivity contribution >= 4 is 39.2 Å². The molecule has 0 aliphatic heterocycles. The van der Waals surface area contributed by atoms with Gasteiger partial charge < -0.3 is 4.90 Å². The first-order valence-electron chi connectivity index (χ1n) is 14.0. The third kappa shape index (κ3) is 5.39. The number of amides is 1. The number of benzene rings is 4. The molecule has 40 heavy (non-hydrogen) atoms. The van der Waals surface area contributed by atoms with Gasteiger partial charge in [-0.1, -0.05) is 80.8 Å². The zero-order valence-electron chi connectivity index (χ0n) is 23.2. The summed E-state index contributed by atoms with van der Waals surface area (Å²) < 4.78 is 1.68. The van der Waals surface area contributed by atoms with Gasteiger partial charge in [-0.25, -0.2) is 4.98 Å². The Hall–Kier alpha value is -3.96. The first-order chi connectivity index (χ1) is 19.4. The minimum absolute atomic E-state index is 0.0597. The summed E-state index contributed by atoms with van der Waals surface area (Å²) in [6.07, 6.45) is 3.51. The molecule has 1 amide bonds. The van der Waals surface area contributed by atoms with Crippen molar-refractivity contribution in [2.75, 3.05) is 6.54 Å². The highest BCUT2D eigenvalue weighted by Crippen LogP contribution is 2.30. The third-order valence-electron chi connectivity index (χ3n) is 7.52. The summed E-state index contributed by atoms with van der Waals surface area (Å²) in [6.45, 7) is 6.71. The first-order valence-corrected chi connectivity index (χ1v) is 14.4. The van der Waals surface area contributed by atoms with E-state index in [4.69, 9.17) is 16.6 Å². The lowest BCUT2D eigenvalue weighted by molar-refractivity contribution is 0.0655. The molecule has 0 radical (unpaired) electrons. The fourth-order valence-corrected chi connectivity index (χ4v) is 5.66. The highest BCUT2D eigenvalue weighted by Gasteiger charge is 2.30. The van der Waals surface area contributed by atoms with E-state index in [0.29, 0.717) is 46.0 Å². The van der Waals surface area contributed by atoms with Crippen molar-refractivity contribution in [1.82, 2.24) is 14.5 Å². The van der Waals surface area contributed by atoms with Gasteiger partial charge in [-0.3, -0.25) is 14.2 Å². The Bertz CT molecular complexity index is 1740.